The monoisotopic (exact) mass is 309 g/mol. The molecule has 0 radical (unpaired) electrons. The lowest BCUT2D eigenvalue weighted by Gasteiger charge is -2.15. The maximum atomic E-state index is 12.6. The molecule has 0 atom stereocenters. The highest BCUT2D eigenvalue weighted by atomic mass is 16.5. The number of carbonyl (C=O) groups is 2. The number of carbonyl (C=O) groups excluding carboxylic acids is 2. The molecule has 0 bridgehead atoms. The minimum absolute atomic E-state index is 0.000779. The van der Waals surface area contributed by atoms with Gasteiger partial charge in [-0.1, -0.05) is 24.3 Å². The lowest BCUT2D eigenvalue weighted by molar-refractivity contribution is -0.121. The quantitative estimate of drug-likeness (QED) is 0.885. The molecule has 0 saturated heterocycles. The van der Waals surface area contributed by atoms with E-state index in [4.69, 9.17) is 4.74 Å². The van der Waals surface area contributed by atoms with E-state index in [1.54, 1.807) is 42.5 Å². The molecule has 2 aromatic rings. The molecule has 5 heteroatoms. The molecule has 116 valence electrons. The number of imide groups is 1. The van der Waals surface area contributed by atoms with Crippen LogP contribution in [0.15, 0.2) is 54.3 Å². The number of ether oxygens (including phenoxy) is 1. The summed E-state index contributed by atoms with van der Waals surface area (Å²) in [6, 6.07) is 13.6. The van der Waals surface area contributed by atoms with E-state index < -0.39 is 17.6 Å². The zero-order valence-electron chi connectivity index (χ0n) is 12.7. The molecule has 2 aromatic carbocycles. The number of aryl methyl sites for hydroxylation is 1. The Morgan fingerprint density at radius 3 is 2.30 bits per heavy atom. The van der Waals surface area contributed by atoms with Gasteiger partial charge in [-0.15, -0.1) is 0 Å². The molecule has 1 N–H and O–H groups in total. The predicted octanol–water partition coefficient (Wildman–Crippen LogP) is 2.85. The Labute approximate surface area is 133 Å². The maximum absolute atomic E-state index is 12.6. The summed E-state index contributed by atoms with van der Waals surface area (Å²) in [5, 5.41) is 10.1. The van der Waals surface area contributed by atoms with Gasteiger partial charge in [0.25, 0.3) is 5.91 Å². The van der Waals surface area contributed by atoms with Crippen molar-refractivity contribution in [2.75, 3.05) is 12.0 Å². The van der Waals surface area contributed by atoms with Gasteiger partial charge in [-0.25, -0.2) is 4.90 Å². The van der Waals surface area contributed by atoms with Crippen LogP contribution < -0.4 is 9.64 Å². The van der Waals surface area contributed by atoms with Crippen molar-refractivity contribution < 1.29 is 19.4 Å². The van der Waals surface area contributed by atoms with Gasteiger partial charge < -0.3 is 9.84 Å². The maximum Gasteiger partial charge on any atom is 0.301 e. The molecule has 0 spiro atoms. The van der Waals surface area contributed by atoms with Crippen LogP contribution in [0.25, 0.3) is 5.57 Å². The lowest BCUT2D eigenvalue weighted by Crippen LogP contribution is -2.31. The summed E-state index contributed by atoms with van der Waals surface area (Å²) in [6.45, 7) is 1.87. The molecule has 0 fully saturated rings. The van der Waals surface area contributed by atoms with Crippen LogP contribution in [0, 0.1) is 6.92 Å². The van der Waals surface area contributed by atoms with Gasteiger partial charge in [0.05, 0.1) is 18.4 Å². The lowest BCUT2D eigenvalue weighted by atomic mass is 10.1. The highest BCUT2D eigenvalue weighted by Crippen LogP contribution is 2.32. The minimum atomic E-state index is -0.716. The Morgan fingerprint density at radius 2 is 1.70 bits per heavy atom. The third kappa shape index (κ3) is 2.46. The first-order valence-corrected chi connectivity index (χ1v) is 7.06. The van der Waals surface area contributed by atoms with Gasteiger partial charge >= 0.3 is 5.91 Å². The molecule has 0 saturated carbocycles. The van der Waals surface area contributed by atoms with Crippen molar-refractivity contribution in [3.8, 4) is 5.75 Å². The fourth-order valence-electron chi connectivity index (χ4n) is 2.54. The molecule has 23 heavy (non-hydrogen) atoms. The van der Waals surface area contributed by atoms with Crippen molar-refractivity contribution in [3.63, 3.8) is 0 Å². The number of rotatable bonds is 3. The highest BCUT2D eigenvalue weighted by Gasteiger charge is 2.40. The van der Waals surface area contributed by atoms with E-state index >= 15 is 0 Å². The number of anilines is 1. The molecule has 5 nitrogen and oxygen atoms in total. The van der Waals surface area contributed by atoms with Crippen molar-refractivity contribution in [2.45, 2.75) is 6.92 Å². The van der Waals surface area contributed by atoms with E-state index in [-0.39, 0.29) is 5.57 Å². The molecule has 1 heterocycles. The molecule has 0 aliphatic carbocycles. The first-order chi connectivity index (χ1) is 11.0. The summed E-state index contributed by atoms with van der Waals surface area (Å²) in [4.78, 5) is 25.9. The molecule has 0 unspecified atom stereocenters. The van der Waals surface area contributed by atoms with Gasteiger partial charge in [0.2, 0.25) is 0 Å². The number of amides is 2. The molecular weight excluding hydrogens is 294 g/mol. The zero-order valence-corrected chi connectivity index (χ0v) is 12.7. The molecule has 1 aliphatic heterocycles. The zero-order chi connectivity index (χ0) is 16.6. The summed E-state index contributed by atoms with van der Waals surface area (Å²) >= 11 is 0. The van der Waals surface area contributed by atoms with Gasteiger partial charge in [-0.3, -0.25) is 9.59 Å². The summed E-state index contributed by atoms with van der Waals surface area (Å²) in [6.07, 6.45) is 0. The molecule has 3 rings (SSSR count). The van der Waals surface area contributed by atoms with Crippen LogP contribution >= 0.6 is 0 Å². The van der Waals surface area contributed by atoms with Gasteiger partial charge in [0, 0.05) is 0 Å². The highest BCUT2D eigenvalue weighted by molar-refractivity contribution is 6.44. The fourth-order valence-corrected chi connectivity index (χ4v) is 2.54. The Bertz CT molecular complexity index is 821. The Kier molecular flexibility index (Phi) is 3.62. The number of hydrogen-bond acceptors (Lipinski definition) is 4. The van der Waals surface area contributed by atoms with E-state index in [1.807, 2.05) is 13.0 Å². The number of benzene rings is 2. The number of aliphatic hydroxyl groups is 1. The second-order valence-electron chi connectivity index (χ2n) is 5.24. The van der Waals surface area contributed by atoms with Gasteiger partial charge in [0.1, 0.15) is 5.75 Å². The van der Waals surface area contributed by atoms with Crippen molar-refractivity contribution >= 4 is 23.1 Å². The third-order valence-corrected chi connectivity index (χ3v) is 3.70. The Hall–Kier alpha value is -3.08. The number of methoxy groups -OCH3 is 1. The van der Waals surface area contributed by atoms with Gasteiger partial charge in [-0.2, -0.15) is 0 Å². The minimum Gasteiger partial charge on any atom is -0.502 e. The third-order valence-electron chi connectivity index (χ3n) is 3.70. The summed E-state index contributed by atoms with van der Waals surface area (Å²) in [5.41, 5.74) is 1.83. The van der Waals surface area contributed by atoms with E-state index in [2.05, 4.69) is 0 Å². The van der Waals surface area contributed by atoms with Crippen molar-refractivity contribution in [2.24, 2.45) is 0 Å². The molecule has 0 aromatic heterocycles. The van der Waals surface area contributed by atoms with E-state index in [0.29, 0.717) is 17.0 Å². The standard InChI is InChI=1S/C18H15NO4/c1-11-4-3-5-13(10-11)19-17(21)15(16(20)18(19)22)12-6-8-14(23-2)9-7-12/h3-10,20H,1-2H3. The molecular formula is C18H15NO4. The number of nitrogens with zero attached hydrogens (tertiary/aromatic N) is 1. The Balaban J connectivity index is 2.02. The smallest absolute Gasteiger partial charge is 0.301 e. The average Bonchev–Trinajstić information content (AvgIpc) is 2.77. The first kappa shape index (κ1) is 14.8. The summed E-state index contributed by atoms with van der Waals surface area (Å²) in [5.74, 6) is -1.17. The van der Waals surface area contributed by atoms with Crippen LogP contribution in [0.3, 0.4) is 0 Å². The summed E-state index contributed by atoms with van der Waals surface area (Å²) < 4.78 is 5.07. The van der Waals surface area contributed by atoms with Crippen LogP contribution in [0.1, 0.15) is 11.1 Å². The van der Waals surface area contributed by atoms with Crippen LogP contribution in [0.2, 0.25) is 0 Å². The van der Waals surface area contributed by atoms with E-state index in [1.165, 1.54) is 7.11 Å². The van der Waals surface area contributed by atoms with Gasteiger partial charge in [-0.05, 0) is 42.3 Å². The molecule has 2 amide bonds. The van der Waals surface area contributed by atoms with Crippen molar-refractivity contribution in [3.05, 3.63) is 65.4 Å². The van der Waals surface area contributed by atoms with Crippen molar-refractivity contribution in [1.29, 1.82) is 0 Å². The summed E-state index contributed by atoms with van der Waals surface area (Å²) in [7, 11) is 1.54. The van der Waals surface area contributed by atoms with Crippen LogP contribution in [0.4, 0.5) is 5.69 Å². The predicted molar refractivity (Wildman–Crippen MR) is 86.2 cm³/mol. The van der Waals surface area contributed by atoms with Crippen molar-refractivity contribution in [1.82, 2.24) is 0 Å². The normalized spacial score (nSPS) is 14.6. The number of hydrogen-bond donors (Lipinski definition) is 1. The van der Waals surface area contributed by atoms with Gasteiger partial charge in [0.15, 0.2) is 5.76 Å². The molecule has 1 aliphatic rings. The first-order valence-electron chi connectivity index (χ1n) is 7.06. The van der Waals surface area contributed by atoms with E-state index in [9.17, 15) is 14.7 Å². The van der Waals surface area contributed by atoms with Crippen LogP contribution in [-0.2, 0) is 9.59 Å². The second kappa shape index (κ2) is 5.61. The topological polar surface area (TPSA) is 66.8 Å². The Morgan fingerprint density at radius 1 is 1.00 bits per heavy atom. The van der Waals surface area contributed by atoms with E-state index in [0.717, 1.165) is 10.5 Å². The average molecular weight is 309 g/mol. The van der Waals surface area contributed by atoms with Crippen LogP contribution in [0.5, 0.6) is 5.75 Å². The largest absolute Gasteiger partial charge is 0.502 e. The van der Waals surface area contributed by atoms with Crippen LogP contribution in [-0.4, -0.2) is 24.0 Å². The second-order valence-corrected chi connectivity index (χ2v) is 5.24. The fraction of sp³-hybridized carbons (Fsp3) is 0.111. The SMILES string of the molecule is COc1ccc(C2=C(O)C(=O)N(c3cccc(C)c3)C2=O)cc1. The number of aliphatic hydroxyl groups excluding tert-OH is 1.